The van der Waals surface area contributed by atoms with E-state index in [2.05, 4.69) is 31.2 Å². The number of anilines is 1. The summed E-state index contributed by atoms with van der Waals surface area (Å²) in [7, 11) is 1.38. The lowest BCUT2D eigenvalue weighted by atomic mass is 9.96. The van der Waals surface area contributed by atoms with E-state index in [-0.39, 0.29) is 24.4 Å². The van der Waals surface area contributed by atoms with Gasteiger partial charge in [0.15, 0.2) is 5.11 Å². The molecule has 0 radical (unpaired) electrons. The van der Waals surface area contributed by atoms with Crippen LogP contribution in [0.25, 0.3) is 5.69 Å². The number of ether oxygens (including phenoxy) is 1. The normalized spacial score (nSPS) is 16.4. The summed E-state index contributed by atoms with van der Waals surface area (Å²) < 4.78 is 7.13. The Hall–Kier alpha value is -4.50. The summed E-state index contributed by atoms with van der Waals surface area (Å²) in [5, 5.41) is 7.03. The number of aryl methyl sites for hydroxylation is 2. The number of para-hydroxylation sites is 1. The molecule has 1 saturated heterocycles. The number of carbonyl (C=O) groups is 2. The standard InChI is InChI=1S/C32H33N5O3S/c1-20-10-9-11-23(18-20)34-28(38)15-17-36-30(29(35-32(36)41)26-13-7-8-16-33-26)25-19-21(2)37(22(25)3)27-14-6-5-12-24(27)31(39)40-4/h5-14,16,18-19,29-30H,15,17H2,1-4H3,(H,34,38)(H,35,41)/t29-,30-/m1/s1. The molecule has 0 saturated carbocycles. The molecule has 1 fully saturated rings. The molecule has 3 heterocycles. The zero-order valence-electron chi connectivity index (χ0n) is 23.5. The highest BCUT2D eigenvalue weighted by Crippen LogP contribution is 2.41. The number of carbonyl (C=O) groups excluding carboxylic acids is 2. The van der Waals surface area contributed by atoms with Crippen molar-refractivity contribution < 1.29 is 14.3 Å². The molecule has 0 spiro atoms. The number of rotatable bonds is 8. The second-order valence-electron chi connectivity index (χ2n) is 10.2. The zero-order chi connectivity index (χ0) is 29.1. The first-order chi connectivity index (χ1) is 19.8. The van der Waals surface area contributed by atoms with E-state index in [4.69, 9.17) is 17.0 Å². The molecule has 4 aromatic rings. The highest BCUT2D eigenvalue weighted by Gasteiger charge is 2.41. The van der Waals surface area contributed by atoms with Gasteiger partial charge in [0.05, 0.1) is 36.1 Å². The second kappa shape index (κ2) is 11.9. The first-order valence-corrected chi connectivity index (χ1v) is 13.9. The van der Waals surface area contributed by atoms with Gasteiger partial charge < -0.3 is 24.8 Å². The fourth-order valence-corrected chi connectivity index (χ4v) is 5.89. The van der Waals surface area contributed by atoms with E-state index in [0.717, 1.165) is 39.6 Å². The Bertz CT molecular complexity index is 1600. The topological polar surface area (TPSA) is 88.5 Å². The van der Waals surface area contributed by atoms with Crippen molar-refractivity contribution in [2.24, 2.45) is 0 Å². The molecule has 0 unspecified atom stereocenters. The van der Waals surface area contributed by atoms with Crippen molar-refractivity contribution in [2.45, 2.75) is 39.3 Å². The molecular weight excluding hydrogens is 534 g/mol. The molecule has 5 rings (SSSR count). The summed E-state index contributed by atoms with van der Waals surface area (Å²) in [5.41, 5.74) is 6.88. The Labute approximate surface area is 245 Å². The summed E-state index contributed by atoms with van der Waals surface area (Å²) in [4.78, 5) is 32.3. The Morgan fingerprint density at radius 2 is 1.80 bits per heavy atom. The number of methoxy groups -OCH3 is 1. The van der Waals surface area contributed by atoms with Crippen LogP contribution >= 0.6 is 12.2 Å². The minimum Gasteiger partial charge on any atom is -0.465 e. The third-order valence-corrected chi connectivity index (χ3v) is 7.77. The number of nitrogens with one attached hydrogen (secondary N) is 2. The molecule has 1 aliphatic rings. The summed E-state index contributed by atoms with van der Waals surface area (Å²) in [6.07, 6.45) is 2.02. The van der Waals surface area contributed by atoms with Gasteiger partial charge in [-0.15, -0.1) is 0 Å². The second-order valence-corrected chi connectivity index (χ2v) is 10.5. The number of esters is 1. The molecular formula is C32H33N5O3S. The van der Waals surface area contributed by atoms with E-state index in [9.17, 15) is 9.59 Å². The van der Waals surface area contributed by atoms with Crippen molar-refractivity contribution in [3.63, 3.8) is 0 Å². The zero-order valence-corrected chi connectivity index (χ0v) is 24.4. The average molecular weight is 568 g/mol. The fraction of sp³-hybridized carbons (Fsp3) is 0.250. The van der Waals surface area contributed by atoms with Crippen LogP contribution in [-0.4, -0.2) is 45.1 Å². The summed E-state index contributed by atoms with van der Waals surface area (Å²) in [6.45, 7) is 6.46. The van der Waals surface area contributed by atoms with E-state index in [1.54, 1.807) is 12.3 Å². The van der Waals surface area contributed by atoms with Gasteiger partial charge in [0.1, 0.15) is 0 Å². The van der Waals surface area contributed by atoms with Gasteiger partial charge in [-0.1, -0.05) is 30.3 Å². The first kappa shape index (κ1) is 28.0. The van der Waals surface area contributed by atoms with Crippen LogP contribution in [-0.2, 0) is 9.53 Å². The maximum absolute atomic E-state index is 13.0. The van der Waals surface area contributed by atoms with Crippen LogP contribution in [0.15, 0.2) is 79.0 Å². The molecule has 9 heteroatoms. The van der Waals surface area contributed by atoms with Crippen molar-refractivity contribution in [1.29, 1.82) is 0 Å². The molecule has 2 aromatic heterocycles. The number of pyridine rings is 1. The van der Waals surface area contributed by atoms with E-state index in [1.165, 1.54) is 7.11 Å². The molecule has 1 aliphatic heterocycles. The molecule has 0 aliphatic carbocycles. The van der Waals surface area contributed by atoms with E-state index in [1.807, 2.05) is 81.4 Å². The SMILES string of the molecule is COC(=O)c1ccccc1-n1c(C)cc([C@@H]2[C@@H](c3ccccn3)NC(=S)N2CCC(=O)Nc2cccc(C)c2)c1C. The third-order valence-electron chi connectivity index (χ3n) is 7.42. The maximum atomic E-state index is 13.0. The van der Waals surface area contributed by atoms with Crippen LogP contribution in [0.1, 0.15) is 57.1 Å². The minimum atomic E-state index is -0.397. The number of hydrogen-bond donors (Lipinski definition) is 2. The van der Waals surface area contributed by atoms with Gasteiger partial charge in [-0.3, -0.25) is 9.78 Å². The van der Waals surface area contributed by atoms with Gasteiger partial charge in [-0.05, 0) is 86.6 Å². The summed E-state index contributed by atoms with van der Waals surface area (Å²) in [6, 6.07) is 22.6. The number of amides is 1. The summed E-state index contributed by atoms with van der Waals surface area (Å²) >= 11 is 5.83. The number of nitrogens with zero attached hydrogens (tertiary/aromatic N) is 3. The third kappa shape index (κ3) is 5.71. The van der Waals surface area contributed by atoms with Crippen molar-refractivity contribution in [2.75, 3.05) is 19.0 Å². The molecule has 8 nitrogen and oxygen atoms in total. The predicted molar refractivity (Wildman–Crippen MR) is 163 cm³/mol. The Kier molecular flexibility index (Phi) is 8.16. The minimum absolute atomic E-state index is 0.0871. The average Bonchev–Trinajstić information content (AvgIpc) is 3.45. The Morgan fingerprint density at radius 3 is 2.54 bits per heavy atom. The monoisotopic (exact) mass is 567 g/mol. The quantitative estimate of drug-likeness (QED) is 0.212. The van der Waals surface area contributed by atoms with E-state index < -0.39 is 5.97 Å². The number of aromatic nitrogens is 2. The predicted octanol–water partition coefficient (Wildman–Crippen LogP) is 5.59. The molecule has 1 amide bonds. The highest BCUT2D eigenvalue weighted by molar-refractivity contribution is 7.80. The molecule has 210 valence electrons. The van der Waals surface area contributed by atoms with E-state index >= 15 is 0 Å². The van der Waals surface area contributed by atoms with Crippen LogP contribution in [0.5, 0.6) is 0 Å². The molecule has 2 atom stereocenters. The fourth-order valence-electron chi connectivity index (χ4n) is 5.56. The lowest BCUT2D eigenvalue weighted by Crippen LogP contribution is -2.33. The van der Waals surface area contributed by atoms with Crippen molar-refractivity contribution in [1.82, 2.24) is 19.8 Å². The number of hydrogen-bond acceptors (Lipinski definition) is 5. The van der Waals surface area contributed by atoms with Gasteiger partial charge in [0.25, 0.3) is 0 Å². The van der Waals surface area contributed by atoms with Crippen molar-refractivity contribution >= 4 is 34.9 Å². The molecule has 0 bridgehead atoms. The Morgan fingerprint density at radius 1 is 1.02 bits per heavy atom. The van der Waals surface area contributed by atoms with Gasteiger partial charge in [0.2, 0.25) is 5.91 Å². The Balaban J connectivity index is 1.51. The van der Waals surface area contributed by atoms with Crippen LogP contribution in [0, 0.1) is 20.8 Å². The van der Waals surface area contributed by atoms with Crippen LogP contribution in [0.3, 0.4) is 0 Å². The first-order valence-electron chi connectivity index (χ1n) is 13.5. The lowest BCUT2D eigenvalue weighted by Gasteiger charge is -2.28. The maximum Gasteiger partial charge on any atom is 0.339 e. The molecule has 2 aromatic carbocycles. The summed E-state index contributed by atoms with van der Waals surface area (Å²) in [5.74, 6) is -0.484. The van der Waals surface area contributed by atoms with Crippen LogP contribution in [0.2, 0.25) is 0 Å². The van der Waals surface area contributed by atoms with Gasteiger partial charge in [-0.25, -0.2) is 4.79 Å². The number of benzene rings is 2. The van der Waals surface area contributed by atoms with Crippen molar-refractivity contribution in [3.05, 3.63) is 113 Å². The van der Waals surface area contributed by atoms with Crippen molar-refractivity contribution in [3.8, 4) is 5.69 Å². The van der Waals surface area contributed by atoms with Crippen LogP contribution in [0.4, 0.5) is 5.69 Å². The molecule has 41 heavy (non-hydrogen) atoms. The lowest BCUT2D eigenvalue weighted by molar-refractivity contribution is -0.116. The number of thiocarbonyl (C=S) groups is 1. The van der Waals surface area contributed by atoms with Crippen LogP contribution < -0.4 is 10.6 Å². The van der Waals surface area contributed by atoms with Gasteiger partial charge in [-0.2, -0.15) is 0 Å². The van der Waals surface area contributed by atoms with E-state index in [0.29, 0.717) is 17.2 Å². The van der Waals surface area contributed by atoms with Gasteiger partial charge in [0, 0.05) is 36.2 Å². The molecule has 2 N–H and O–H groups in total. The largest absolute Gasteiger partial charge is 0.465 e. The smallest absolute Gasteiger partial charge is 0.339 e. The van der Waals surface area contributed by atoms with Gasteiger partial charge >= 0.3 is 5.97 Å². The highest BCUT2D eigenvalue weighted by atomic mass is 32.1.